The van der Waals surface area contributed by atoms with E-state index in [1.165, 1.54) is 28.6 Å². The summed E-state index contributed by atoms with van der Waals surface area (Å²) in [5.41, 5.74) is 0.204. The number of benzene rings is 2. The van der Waals surface area contributed by atoms with E-state index in [9.17, 15) is 32.1 Å². The Morgan fingerprint density at radius 1 is 1.12 bits per heavy atom. The minimum Gasteiger partial charge on any atom is -0.486 e. The highest BCUT2D eigenvalue weighted by Crippen LogP contribution is 2.49. The molecule has 1 saturated heterocycles. The summed E-state index contributed by atoms with van der Waals surface area (Å²) >= 11 is 0. The molecule has 0 unspecified atom stereocenters. The van der Waals surface area contributed by atoms with Crippen LogP contribution in [0.5, 0.6) is 0 Å². The lowest BCUT2D eigenvalue weighted by Crippen LogP contribution is -2.49. The van der Waals surface area contributed by atoms with Gasteiger partial charge in [-0.15, -0.1) is 0 Å². The van der Waals surface area contributed by atoms with Crippen molar-refractivity contribution in [3.05, 3.63) is 81.2 Å². The highest BCUT2D eigenvalue weighted by molar-refractivity contribution is 7.88. The molecule has 2 N–H and O–H groups in total. The molecule has 0 atom stereocenters. The number of hydrogen-bond donors (Lipinski definition) is 2. The monoisotopic (exact) mass is 591 g/mol. The van der Waals surface area contributed by atoms with Crippen molar-refractivity contribution in [2.45, 2.75) is 31.9 Å². The van der Waals surface area contributed by atoms with Crippen LogP contribution in [-0.4, -0.2) is 67.5 Å². The molecule has 0 radical (unpaired) electrons. The molecule has 2 aromatic rings. The van der Waals surface area contributed by atoms with Crippen LogP contribution in [0.15, 0.2) is 53.9 Å². The molecule has 2 fully saturated rings. The lowest BCUT2D eigenvalue weighted by molar-refractivity contribution is -0.384. The first-order chi connectivity index (χ1) is 19.4. The zero-order chi connectivity index (χ0) is 29.8. The predicted octanol–water partition coefficient (Wildman–Crippen LogP) is 4.03. The Labute approximate surface area is 236 Å². The smallest absolute Gasteiger partial charge is 0.293 e. The number of hydrogen-bond acceptors (Lipinski definition) is 8. The van der Waals surface area contributed by atoms with Gasteiger partial charge in [0, 0.05) is 61.7 Å². The zero-order valence-corrected chi connectivity index (χ0v) is 23.3. The number of non-ortho nitro benzene ring substituents is 1. The van der Waals surface area contributed by atoms with Crippen molar-refractivity contribution < 1.29 is 31.7 Å². The predicted molar refractivity (Wildman–Crippen MR) is 148 cm³/mol. The minimum absolute atomic E-state index is 0.0650. The van der Waals surface area contributed by atoms with Crippen LogP contribution in [0.2, 0.25) is 0 Å². The summed E-state index contributed by atoms with van der Waals surface area (Å²) in [5, 5.41) is 21.4. The number of nitrogens with one attached hydrogen (secondary N) is 2. The van der Waals surface area contributed by atoms with Crippen molar-refractivity contribution in [2.75, 3.05) is 38.1 Å². The van der Waals surface area contributed by atoms with Gasteiger partial charge in [-0.25, -0.2) is 17.2 Å². The van der Waals surface area contributed by atoms with E-state index in [0.29, 0.717) is 11.6 Å². The number of halogens is 2. The fourth-order valence-corrected chi connectivity index (χ4v) is 6.11. The Morgan fingerprint density at radius 2 is 1.73 bits per heavy atom. The van der Waals surface area contributed by atoms with E-state index in [2.05, 4.69) is 5.32 Å². The first-order valence-electron chi connectivity index (χ1n) is 13.1. The molecule has 4 rings (SSSR count). The molecule has 2 aromatic carbocycles. The Kier molecular flexibility index (Phi) is 9.02. The maximum atomic E-state index is 13.7. The molecule has 41 heavy (non-hydrogen) atoms. The number of ether oxygens (including phenoxy) is 1. The number of carbonyl (C=O) groups is 1. The second-order valence-electron chi connectivity index (χ2n) is 10.2. The molecule has 14 heteroatoms. The van der Waals surface area contributed by atoms with E-state index in [1.807, 2.05) is 6.92 Å². The molecule has 2 aliphatic rings. The number of anilines is 1. The van der Waals surface area contributed by atoms with Crippen molar-refractivity contribution in [3.63, 3.8) is 0 Å². The van der Waals surface area contributed by atoms with Gasteiger partial charge in [-0.2, -0.15) is 4.31 Å². The summed E-state index contributed by atoms with van der Waals surface area (Å²) in [6.45, 7) is 2.68. The van der Waals surface area contributed by atoms with Gasteiger partial charge in [-0.3, -0.25) is 14.9 Å². The molecule has 1 aliphatic heterocycles. The molecular formula is C27H31F2N5O6S. The second kappa shape index (κ2) is 12.3. The van der Waals surface area contributed by atoms with Crippen LogP contribution in [0.3, 0.4) is 0 Å². The first kappa shape index (κ1) is 30.1. The van der Waals surface area contributed by atoms with Crippen molar-refractivity contribution in [2.24, 2.45) is 5.41 Å². The minimum atomic E-state index is -3.75. The molecule has 0 spiro atoms. The molecule has 1 heterocycles. The molecule has 0 aromatic heterocycles. The van der Waals surface area contributed by atoms with E-state index in [0.717, 1.165) is 37.6 Å². The Morgan fingerprint density at radius 3 is 2.24 bits per heavy atom. The standard InChI is InChI=1S/C27H31F2N5O6S/c1-2-27(7-8-27)18-40-25(26(35)31-22-14-20(28)13-21(29)15-22)24(16-30)32-9-11-33(12-10-32)41(38,39)17-19-3-5-23(6-4-19)34(36)37/h3-6,13-16,30H,2,7-12,17-18H2,1H3,(H,31,35). The third-order valence-corrected chi connectivity index (χ3v) is 9.24. The van der Waals surface area contributed by atoms with Crippen LogP contribution < -0.4 is 5.32 Å². The Hall–Kier alpha value is -3.91. The maximum Gasteiger partial charge on any atom is 0.293 e. The number of amides is 1. The van der Waals surface area contributed by atoms with E-state index in [1.54, 1.807) is 4.90 Å². The summed E-state index contributed by atoms with van der Waals surface area (Å²) in [4.78, 5) is 25.2. The van der Waals surface area contributed by atoms with Crippen LogP contribution in [0.4, 0.5) is 20.2 Å². The molecule has 0 bridgehead atoms. The fourth-order valence-electron chi connectivity index (χ4n) is 4.60. The number of carbonyl (C=O) groups excluding carboxylic acids is 1. The van der Waals surface area contributed by atoms with Gasteiger partial charge in [0.1, 0.15) is 17.3 Å². The van der Waals surface area contributed by atoms with Crippen molar-refractivity contribution in [1.29, 1.82) is 5.41 Å². The van der Waals surface area contributed by atoms with E-state index >= 15 is 0 Å². The Bertz CT molecular complexity index is 1430. The van der Waals surface area contributed by atoms with Crippen molar-refractivity contribution >= 4 is 33.5 Å². The highest BCUT2D eigenvalue weighted by Gasteiger charge is 2.42. The maximum absolute atomic E-state index is 13.7. The van der Waals surface area contributed by atoms with Gasteiger partial charge < -0.3 is 20.4 Å². The van der Waals surface area contributed by atoms with E-state index in [-0.39, 0.29) is 66.8 Å². The van der Waals surface area contributed by atoms with Crippen LogP contribution in [-0.2, 0) is 25.3 Å². The number of nitrogens with zero attached hydrogens (tertiary/aromatic N) is 3. The van der Waals surface area contributed by atoms with Crippen molar-refractivity contribution in [3.8, 4) is 0 Å². The molecule has 1 aliphatic carbocycles. The third-order valence-electron chi connectivity index (χ3n) is 7.39. The summed E-state index contributed by atoms with van der Waals surface area (Å²) in [6, 6.07) is 7.91. The average molecular weight is 592 g/mol. The number of allylic oxidation sites excluding steroid dienone is 1. The summed E-state index contributed by atoms with van der Waals surface area (Å²) in [6.07, 6.45) is 3.65. The number of nitro benzene ring substituents is 1. The van der Waals surface area contributed by atoms with Gasteiger partial charge in [0.15, 0.2) is 0 Å². The number of nitro groups is 1. The van der Waals surface area contributed by atoms with Crippen LogP contribution in [0, 0.1) is 32.6 Å². The summed E-state index contributed by atoms with van der Waals surface area (Å²) in [7, 11) is -3.75. The van der Waals surface area contributed by atoms with Gasteiger partial charge in [0.05, 0.1) is 17.3 Å². The number of sulfonamides is 1. The molecule has 220 valence electrons. The normalized spacial score (nSPS) is 17.4. The SMILES string of the molecule is CCC1(COC(C(=O)Nc2cc(F)cc(F)c2)=C(C=N)N2CCN(S(=O)(=O)Cc3ccc([N+](=O)[O-])cc3)CC2)CC1. The van der Waals surface area contributed by atoms with Gasteiger partial charge in [0.25, 0.3) is 11.6 Å². The van der Waals surface area contributed by atoms with Crippen LogP contribution >= 0.6 is 0 Å². The lowest BCUT2D eigenvalue weighted by atomic mass is 10.1. The fraction of sp³-hybridized carbons (Fsp3) is 0.407. The third kappa shape index (κ3) is 7.44. The van der Waals surface area contributed by atoms with Gasteiger partial charge in [-0.1, -0.05) is 19.1 Å². The number of rotatable bonds is 12. The van der Waals surface area contributed by atoms with Gasteiger partial charge >= 0.3 is 0 Å². The zero-order valence-electron chi connectivity index (χ0n) is 22.4. The molecule has 1 saturated carbocycles. The van der Waals surface area contributed by atoms with E-state index in [4.69, 9.17) is 10.1 Å². The quantitative estimate of drug-likeness (QED) is 0.125. The number of piperazine rings is 1. The summed E-state index contributed by atoms with van der Waals surface area (Å²) < 4.78 is 60.8. The average Bonchev–Trinajstić information content (AvgIpc) is 3.71. The second-order valence-corrected chi connectivity index (χ2v) is 12.1. The van der Waals surface area contributed by atoms with Gasteiger partial charge in [-0.05, 0) is 37.0 Å². The highest BCUT2D eigenvalue weighted by atomic mass is 32.2. The molecule has 1 amide bonds. The van der Waals surface area contributed by atoms with Crippen molar-refractivity contribution in [1.82, 2.24) is 9.21 Å². The topological polar surface area (TPSA) is 146 Å². The Balaban J connectivity index is 1.50. The summed E-state index contributed by atoms with van der Waals surface area (Å²) in [5.74, 6) is -3.04. The van der Waals surface area contributed by atoms with Gasteiger partial charge in [0.2, 0.25) is 15.8 Å². The van der Waals surface area contributed by atoms with E-state index < -0.39 is 32.5 Å². The molecular weight excluding hydrogens is 560 g/mol. The lowest BCUT2D eigenvalue weighted by Gasteiger charge is -2.36. The largest absolute Gasteiger partial charge is 0.486 e. The first-order valence-corrected chi connectivity index (χ1v) is 14.7. The van der Waals surface area contributed by atoms with Crippen LogP contribution in [0.25, 0.3) is 0 Å². The van der Waals surface area contributed by atoms with Crippen LogP contribution in [0.1, 0.15) is 31.7 Å². The molecule has 11 nitrogen and oxygen atoms in total.